The molecule has 2 heterocycles. The second-order valence-corrected chi connectivity index (χ2v) is 6.22. The Morgan fingerprint density at radius 3 is 2.84 bits per heavy atom. The molecule has 0 bridgehead atoms. The fourth-order valence-electron chi connectivity index (χ4n) is 2.83. The van der Waals surface area contributed by atoms with Gasteiger partial charge in [0.1, 0.15) is 5.82 Å². The van der Waals surface area contributed by atoms with Crippen molar-refractivity contribution in [3.05, 3.63) is 65.4 Å². The van der Waals surface area contributed by atoms with Gasteiger partial charge < -0.3 is 15.2 Å². The molecule has 0 unspecified atom stereocenters. The maximum atomic E-state index is 13.2. The molecule has 3 aromatic rings. The predicted molar refractivity (Wildman–Crippen MR) is 95.6 cm³/mol. The summed E-state index contributed by atoms with van der Waals surface area (Å²) in [6, 6.07) is 8.98. The first-order valence-corrected chi connectivity index (χ1v) is 8.14. The zero-order valence-electron chi connectivity index (χ0n) is 14.5. The van der Waals surface area contributed by atoms with Gasteiger partial charge in [-0.05, 0) is 49.2 Å². The largest absolute Gasteiger partial charge is 0.348 e. The fraction of sp³-hybridized carbons (Fsp3) is 0.263. The zero-order valence-corrected chi connectivity index (χ0v) is 14.5. The number of nitrogens with zero attached hydrogens (tertiary/aromatic N) is 2. The summed E-state index contributed by atoms with van der Waals surface area (Å²) in [6.07, 6.45) is 2.68. The number of carbonyl (C=O) groups excluding carboxylic acids is 1. The number of urea groups is 1. The Morgan fingerprint density at radius 2 is 2.08 bits per heavy atom. The molecule has 5 nitrogen and oxygen atoms in total. The highest BCUT2D eigenvalue weighted by molar-refractivity contribution is 5.82. The van der Waals surface area contributed by atoms with Crippen LogP contribution in [0.15, 0.2) is 42.7 Å². The first kappa shape index (κ1) is 17.0. The average molecular weight is 340 g/mol. The number of carbonyl (C=O) groups is 1. The lowest BCUT2D eigenvalue weighted by Crippen LogP contribution is -2.36. The van der Waals surface area contributed by atoms with Gasteiger partial charge in [-0.2, -0.15) is 0 Å². The SMILES string of the molecule is Cc1cc2cc(CNC(=O)N[C@@H](C)c3cncc(F)c3)ccc2n1C. The lowest BCUT2D eigenvalue weighted by Gasteiger charge is -2.15. The molecule has 6 heteroatoms. The first-order chi connectivity index (χ1) is 11.9. The van der Waals surface area contributed by atoms with Crippen LogP contribution in [0, 0.1) is 12.7 Å². The van der Waals surface area contributed by atoms with Crippen LogP contribution in [0.4, 0.5) is 9.18 Å². The number of hydrogen-bond acceptors (Lipinski definition) is 2. The van der Waals surface area contributed by atoms with Crippen molar-refractivity contribution in [2.75, 3.05) is 0 Å². The van der Waals surface area contributed by atoms with Crippen molar-refractivity contribution in [3.8, 4) is 0 Å². The molecular formula is C19H21FN4O. The normalized spacial score (nSPS) is 12.2. The summed E-state index contributed by atoms with van der Waals surface area (Å²) in [5, 5.41) is 6.76. The van der Waals surface area contributed by atoms with Crippen LogP contribution in [0.25, 0.3) is 10.9 Å². The number of aromatic nitrogens is 2. The minimum absolute atomic E-state index is 0.305. The van der Waals surface area contributed by atoms with Crippen LogP contribution in [-0.2, 0) is 13.6 Å². The van der Waals surface area contributed by atoms with Crippen LogP contribution in [0.5, 0.6) is 0 Å². The quantitative estimate of drug-likeness (QED) is 0.763. The van der Waals surface area contributed by atoms with Crippen LogP contribution in [0.3, 0.4) is 0 Å². The summed E-state index contributed by atoms with van der Waals surface area (Å²) >= 11 is 0. The second kappa shape index (κ2) is 6.93. The number of benzene rings is 1. The first-order valence-electron chi connectivity index (χ1n) is 8.14. The average Bonchev–Trinajstić information content (AvgIpc) is 2.87. The summed E-state index contributed by atoms with van der Waals surface area (Å²) in [5.41, 5.74) is 4.00. The van der Waals surface area contributed by atoms with Crippen molar-refractivity contribution in [2.45, 2.75) is 26.4 Å². The van der Waals surface area contributed by atoms with Gasteiger partial charge in [0, 0.05) is 36.4 Å². The highest BCUT2D eigenvalue weighted by atomic mass is 19.1. The Labute approximate surface area is 145 Å². The predicted octanol–water partition coefficient (Wildman–Crippen LogP) is 3.58. The summed E-state index contributed by atoms with van der Waals surface area (Å²) in [4.78, 5) is 15.9. The highest BCUT2D eigenvalue weighted by Gasteiger charge is 2.11. The minimum Gasteiger partial charge on any atom is -0.348 e. The van der Waals surface area contributed by atoms with Crippen molar-refractivity contribution < 1.29 is 9.18 Å². The number of rotatable bonds is 4. The van der Waals surface area contributed by atoms with Gasteiger partial charge in [0.25, 0.3) is 0 Å². The van der Waals surface area contributed by atoms with Gasteiger partial charge in [-0.15, -0.1) is 0 Å². The van der Waals surface area contributed by atoms with Crippen LogP contribution in [-0.4, -0.2) is 15.6 Å². The summed E-state index contributed by atoms with van der Waals surface area (Å²) < 4.78 is 15.3. The monoisotopic (exact) mass is 340 g/mol. The smallest absolute Gasteiger partial charge is 0.315 e. The zero-order chi connectivity index (χ0) is 18.0. The van der Waals surface area contributed by atoms with E-state index in [9.17, 15) is 9.18 Å². The van der Waals surface area contributed by atoms with Crippen LogP contribution < -0.4 is 10.6 Å². The van der Waals surface area contributed by atoms with Crippen molar-refractivity contribution in [2.24, 2.45) is 7.05 Å². The number of amides is 2. The van der Waals surface area contributed by atoms with Gasteiger partial charge >= 0.3 is 6.03 Å². The van der Waals surface area contributed by atoms with Crippen molar-refractivity contribution in [3.63, 3.8) is 0 Å². The number of aryl methyl sites for hydroxylation is 2. The number of pyridine rings is 1. The molecule has 2 amide bonds. The van der Waals surface area contributed by atoms with Gasteiger partial charge in [0.05, 0.1) is 12.2 Å². The third kappa shape index (κ3) is 3.79. The molecular weight excluding hydrogens is 319 g/mol. The molecule has 0 saturated carbocycles. The summed E-state index contributed by atoms with van der Waals surface area (Å²) in [6.45, 7) is 4.27. The summed E-state index contributed by atoms with van der Waals surface area (Å²) in [5.74, 6) is -0.419. The van der Waals surface area contributed by atoms with Gasteiger partial charge in [-0.3, -0.25) is 4.98 Å². The van der Waals surface area contributed by atoms with Crippen molar-refractivity contribution >= 4 is 16.9 Å². The van der Waals surface area contributed by atoms with E-state index in [1.165, 1.54) is 11.8 Å². The van der Waals surface area contributed by atoms with Crippen LogP contribution >= 0.6 is 0 Å². The van der Waals surface area contributed by atoms with E-state index >= 15 is 0 Å². The fourth-order valence-corrected chi connectivity index (χ4v) is 2.83. The molecule has 1 aromatic carbocycles. The van der Waals surface area contributed by atoms with Gasteiger partial charge in [0.15, 0.2) is 0 Å². The van der Waals surface area contributed by atoms with Crippen molar-refractivity contribution in [1.29, 1.82) is 0 Å². The molecule has 2 N–H and O–H groups in total. The van der Waals surface area contributed by atoms with Gasteiger partial charge in [-0.1, -0.05) is 6.07 Å². The third-order valence-electron chi connectivity index (χ3n) is 4.37. The molecule has 0 aliphatic rings. The number of fused-ring (bicyclic) bond motifs is 1. The number of halogens is 1. The van der Waals surface area contributed by atoms with Gasteiger partial charge in [-0.25, -0.2) is 9.18 Å². The Bertz CT molecular complexity index is 919. The molecule has 0 fully saturated rings. The Balaban J connectivity index is 1.60. The Morgan fingerprint density at radius 1 is 1.28 bits per heavy atom. The standard InChI is InChI=1S/C19H21FN4O/c1-12-6-15-7-14(4-5-18(15)24(12)3)9-22-19(25)23-13(2)16-8-17(20)11-21-10-16/h4-8,10-11,13H,9H2,1-3H3,(H2,22,23,25)/t13-/m0/s1. The number of hydrogen-bond donors (Lipinski definition) is 2. The Kier molecular flexibility index (Phi) is 4.70. The highest BCUT2D eigenvalue weighted by Crippen LogP contribution is 2.19. The topological polar surface area (TPSA) is 59.0 Å². The summed E-state index contributed by atoms with van der Waals surface area (Å²) in [7, 11) is 2.03. The van der Waals surface area contributed by atoms with Gasteiger partial charge in [0.2, 0.25) is 0 Å². The number of nitrogens with one attached hydrogen (secondary N) is 2. The Hall–Kier alpha value is -2.89. The molecule has 0 aliphatic carbocycles. The molecule has 2 aromatic heterocycles. The lowest BCUT2D eigenvalue weighted by atomic mass is 10.1. The molecule has 0 aliphatic heterocycles. The molecule has 1 atom stereocenters. The maximum absolute atomic E-state index is 13.2. The van der Waals surface area contributed by atoms with Crippen LogP contribution in [0.2, 0.25) is 0 Å². The maximum Gasteiger partial charge on any atom is 0.315 e. The van der Waals surface area contributed by atoms with E-state index in [-0.39, 0.29) is 12.1 Å². The molecule has 3 rings (SSSR count). The molecule has 0 radical (unpaired) electrons. The van der Waals surface area contributed by atoms with E-state index in [0.717, 1.165) is 22.7 Å². The minimum atomic E-state index is -0.419. The molecule has 0 spiro atoms. The molecule has 25 heavy (non-hydrogen) atoms. The molecule has 0 saturated heterocycles. The lowest BCUT2D eigenvalue weighted by molar-refractivity contribution is 0.237. The van der Waals surface area contributed by atoms with Crippen molar-refractivity contribution in [1.82, 2.24) is 20.2 Å². The van der Waals surface area contributed by atoms with E-state index < -0.39 is 5.82 Å². The van der Waals surface area contributed by atoms with Crippen LogP contribution in [0.1, 0.15) is 29.8 Å². The van der Waals surface area contributed by atoms with E-state index in [1.54, 1.807) is 13.1 Å². The van der Waals surface area contributed by atoms with E-state index in [4.69, 9.17) is 0 Å². The second-order valence-electron chi connectivity index (χ2n) is 6.22. The molecule has 130 valence electrons. The third-order valence-corrected chi connectivity index (χ3v) is 4.37. The van der Waals surface area contributed by atoms with E-state index in [2.05, 4.69) is 45.3 Å². The van der Waals surface area contributed by atoms with E-state index in [0.29, 0.717) is 12.1 Å². The van der Waals surface area contributed by atoms with E-state index in [1.807, 2.05) is 13.1 Å².